The van der Waals surface area contributed by atoms with Crippen LogP contribution in [0.25, 0.3) is 11.1 Å². The molecule has 0 aliphatic rings. The number of rotatable bonds is 5. The third kappa shape index (κ3) is 3.95. The fourth-order valence-electron chi connectivity index (χ4n) is 1.81. The van der Waals surface area contributed by atoms with E-state index in [1.54, 1.807) is 0 Å². The number of amides is 1. The van der Waals surface area contributed by atoms with Gasteiger partial charge in [0, 0.05) is 0 Å². The van der Waals surface area contributed by atoms with Gasteiger partial charge in [-0.05, 0) is 16.7 Å². The zero-order valence-corrected chi connectivity index (χ0v) is 10.9. The number of primary amides is 1. The molecule has 0 heterocycles. The molecule has 0 aliphatic carbocycles. The van der Waals surface area contributed by atoms with E-state index in [1.165, 1.54) is 0 Å². The van der Waals surface area contributed by atoms with Gasteiger partial charge in [0.05, 0.1) is 6.42 Å². The predicted octanol–water partition coefficient (Wildman–Crippen LogP) is 1.92. The summed E-state index contributed by atoms with van der Waals surface area (Å²) in [4.78, 5) is 21.9. The molecule has 0 atom stereocenters. The Hall–Kier alpha value is -2.62. The largest absolute Gasteiger partial charge is 0.455 e. The van der Waals surface area contributed by atoms with Crippen LogP contribution < -0.4 is 5.73 Å². The third-order valence-corrected chi connectivity index (χ3v) is 2.78. The number of carbonyl (C=O) groups is 2. The van der Waals surface area contributed by atoms with Gasteiger partial charge in [-0.15, -0.1) is 0 Å². The van der Waals surface area contributed by atoms with Crippen LogP contribution in [0.4, 0.5) is 0 Å². The average molecular weight is 269 g/mol. The van der Waals surface area contributed by atoms with E-state index in [0.717, 1.165) is 16.7 Å². The first-order chi connectivity index (χ1) is 9.65. The predicted molar refractivity (Wildman–Crippen MR) is 75.7 cm³/mol. The first-order valence-corrected chi connectivity index (χ1v) is 6.23. The molecule has 0 bridgehead atoms. The molecule has 102 valence electrons. The van der Waals surface area contributed by atoms with E-state index < -0.39 is 11.9 Å². The highest BCUT2D eigenvalue weighted by Crippen LogP contribution is 2.19. The van der Waals surface area contributed by atoms with Crippen LogP contribution in [-0.4, -0.2) is 18.5 Å². The monoisotopic (exact) mass is 269 g/mol. The van der Waals surface area contributed by atoms with Crippen molar-refractivity contribution in [2.75, 3.05) is 6.61 Å². The van der Waals surface area contributed by atoms with E-state index in [-0.39, 0.29) is 13.0 Å². The number of benzene rings is 2. The third-order valence-electron chi connectivity index (χ3n) is 2.78. The molecule has 0 aromatic heterocycles. The van der Waals surface area contributed by atoms with E-state index in [2.05, 4.69) is 0 Å². The Balaban J connectivity index is 1.98. The van der Waals surface area contributed by atoms with E-state index in [9.17, 15) is 9.59 Å². The van der Waals surface area contributed by atoms with E-state index >= 15 is 0 Å². The minimum atomic E-state index is -0.655. The molecule has 0 fully saturated rings. The number of hydrogen-bond acceptors (Lipinski definition) is 3. The normalized spacial score (nSPS) is 10.0. The van der Waals surface area contributed by atoms with Gasteiger partial charge in [0.15, 0.2) is 6.61 Å². The fourth-order valence-corrected chi connectivity index (χ4v) is 1.81. The van der Waals surface area contributed by atoms with Crippen LogP contribution in [0.15, 0.2) is 54.6 Å². The van der Waals surface area contributed by atoms with Gasteiger partial charge in [-0.25, -0.2) is 0 Å². The molecule has 2 N–H and O–H groups in total. The molecule has 0 spiro atoms. The van der Waals surface area contributed by atoms with Crippen molar-refractivity contribution in [3.05, 3.63) is 60.2 Å². The van der Waals surface area contributed by atoms with Crippen molar-refractivity contribution in [2.45, 2.75) is 6.42 Å². The molecular weight excluding hydrogens is 254 g/mol. The lowest BCUT2D eigenvalue weighted by molar-refractivity contribution is -0.147. The Bertz CT molecular complexity index is 591. The number of ether oxygens (including phenoxy) is 1. The molecule has 1 amide bonds. The van der Waals surface area contributed by atoms with Crippen molar-refractivity contribution in [1.82, 2.24) is 0 Å². The topological polar surface area (TPSA) is 69.4 Å². The van der Waals surface area contributed by atoms with Gasteiger partial charge in [0.2, 0.25) is 0 Å². The molecule has 0 unspecified atom stereocenters. The molecule has 2 rings (SSSR count). The van der Waals surface area contributed by atoms with Gasteiger partial charge < -0.3 is 10.5 Å². The highest BCUT2D eigenvalue weighted by molar-refractivity contribution is 5.80. The fraction of sp³-hybridized carbons (Fsp3) is 0.125. The van der Waals surface area contributed by atoms with Gasteiger partial charge in [-0.1, -0.05) is 54.6 Å². The lowest BCUT2D eigenvalue weighted by Gasteiger charge is -2.05. The van der Waals surface area contributed by atoms with Crippen molar-refractivity contribution in [3.8, 4) is 11.1 Å². The quantitative estimate of drug-likeness (QED) is 0.843. The standard InChI is InChI=1S/C16H15NO3/c17-15(18)11-20-16(19)10-12-6-8-14(9-7-12)13-4-2-1-3-5-13/h1-9H,10-11H2,(H2,17,18). The Kier molecular flexibility index (Phi) is 4.50. The van der Waals surface area contributed by atoms with E-state index in [1.807, 2.05) is 54.6 Å². The summed E-state index contributed by atoms with van der Waals surface area (Å²) in [5.41, 5.74) is 7.94. The van der Waals surface area contributed by atoms with Crippen LogP contribution in [-0.2, 0) is 20.7 Å². The van der Waals surface area contributed by atoms with Gasteiger partial charge in [-0.2, -0.15) is 0 Å². The molecule has 0 saturated heterocycles. The van der Waals surface area contributed by atoms with Gasteiger partial charge >= 0.3 is 5.97 Å². The molecule has 0 aliphatic heterocycles. The van der Waals surface area contributed by atoms with Crippen LogP contribution in [0.1, 0.15) is 5.56 Å². The average Bonchev–Trinajstić information content (AvgIpc) is 2.47. The van der Waals surface area contributed by atoms with Crippen molar-refractivity contribution < 1.29 is 14.3 Å². The molecule has 2 aromatic rings. The maximum absolute atomic E-state index is 11.4. The molecule has 0 radical (unpaired) electrons. The number of carbonyl (C=O) groups excluding carboxylic acids is 2. The molecule has 2 aromatic carbocycles. The molecule has 0 saturated carbocycles. The maximum atomic E-state index is 11.4. The lowest BCUT2D eigenvalue weighted by Crippen LogP contribution is -2.21. The first kappa shape index (κ1) is 13.8. The summed E-state index contributed by atoms with van der Waals surface area (Å²) in [5.74, 6) is -1.12. The minimum Gasteiger partial charge on any atom is -0.455 e. The summed E-state index contributed by atoms with van der Waals surface area (Å²) in [6.07, 6.45) is 0.127. The molecule has 4 heteroatoms. The summed E-state index contributed by atoms with van der Waals surface area (Å²) in [6, 6.07) is 17.6. The van der Waals surface area contributed by atoms with E-state index in [4.69, 9.17) is 10.5 Å². The van der Waals surface area contributed by atoms with Crippen molar-refractivity contribution in [1.29, 1.82) is 0 Å². The second-order valence-corrected chi connectivity index (χ2v) is 4.37. The van der Waals surface area contributed by atoms with Crippen LogP contribution in [0.3, 0.4) is 0 Å². The van der Waals surface area contributed by atoms with E-state index in [0.29, 0.717) is 0 Å². The Labute approximate surface area is 117 Å². The second kappa shape index (κ2) is 6.52. The van der Waals surface area contributed by atoms with Crippen LogP contribution >= 0.6 is 0 Å². The smallest absolute Gasteiger partial charge is 0.310 e. The zero-order valence-electron chi connectivity index (χ0n) is 10.9. The van der Waals surface area contributed by atoms with Gasteiger partial charge in [0.1, 0.15) is 0 Å². The number of esters is 1. The number of hydrogen-bond donors (Lipinski definition) is 1. The Morgan fingerprint density at radius 3 is 2.10 bits per heavy atom. The summed E-state index contributed by atoms with van der Waals surface area (Å²) in [5, 5.41) is 0. The summed E-state index contributed by atoms with van der Waals surface area (Å²) in [6.45, 7) is -0.374. The van der Waals surface area contributed by atoms with Crippen LogP contribution in [0.2, 0.25) is 0 Å². The highest BCUT2D eigenvalue weighted by Gasteiger charge is 2.06. The van der Waals surface area contributed by atoms with Gasteiger partial charge in [0.25, 0.3) is 5.91 Å². The van der Waals surface area contributed by atoms with Crippen molar-refractivity contribution in [3.63, 3.8) is 0 Å². The molecule has 20 heavy (non-hydrogen) atoms. The van der Waals surface area contributed by atoms with Crippen molar-refractivity contribution in [2.24, 2.45) is 5.73 Å². The Morgan fingerprint density at radius 2 is 1.50 bits per heavy atom. The molecular formula is C16H15NO3. The van der Waals surface area contributed by atoms with Crippen LogP contribution in [0.5, 0.6) is 0 Å². The Morgan fingerprint density at radius 1 is 0.900 bits per heavy atom. The minimum absolute atomic E-state index is 0.127. The summed E-state index contributed by atoms with van der Waals surface area (Å²) < 4.78 is 4.71. The molecule has 4 nitrogen and oxygen atoms in total. The van der Waals surface area contributed by atoms with Crippen molar-refractivity contribution >= 4 is 11.9 Å². The van der Waals surface area contributed by atoms with Gasteiger partial charge in [-0.3, -0.25) is 9.59 Å². The maximum Gasteiger partial charge on any atom is 0.310 e. The zero-order chi connectivity index (χ0) is 14.4. The summed E-state index contributed by atoms with van der Waals surface area (Å²) in [7, 11) is 0. The summed E-state index contributed by atoms with van der Waals surface area (Å²) >= 11 is 0. The lowest BCUT2D eigenvalue weighted by atomic mass is 10.0. The first-order valence-electron chi connectivity index (χ1n) is 6.23. The number of nitrogens with two attached hydrogens (primary N) is 1. The SMILES string of the molecule is NC(=O)COC(=O)Cc1ccc(-c2ccccc2)cc1. The van der Waals surface area contributed by atoms with Crippen LogP contribution in [0, 0.1) is 0 Å². The highest BCUT2D eigenvalue weighted by atomic mass is 16.5. The second-order valence-electron chi connectivity index (χ2n) is 4.37.